The van der Waals surface area contributed by atoms with E-state index in [0.29, 0.717) is 12.2 Å². The predicted molar refractivity (Wildman–Crippen MR) is 65.3 cm³/mol. The minimum Gasteiger partial charge on any atom is -0.478 e. The Kier molecular flexibility index (Phi) is 3.15. The summed E-state index contributed by atoms with van der Waals surface area (Å²) in [5.41, 5.74) is 2.11. The number of benzene rings is 1. The average Bonchev–Trinajstić information content (AvgIpc) is 2.66. The van der Waals surface area contributed by atoms with Gasteiger partial charge in [-0.05, 0) is 19.1 Å². The van der Waals surface area contributed by atoms with E-state index in [1.807, 2.05) is 23.6 Å². The SMILES string of the molecule is CCn1c(COC)cc2cccc(C(=O)O)c21. The van der Waals surface area contributed by atoms with Crippen LogP contribution in [-0.2, 0) is 17.9 Å². The first-order valence-corrected chi connectivity index (χ1v) is 5.52. The molecule has 1 heterocycles. The number of rotatable bonds is 4. The normalized spacial score (nSPS) is 10.9. The quantitative estimate of drug-likeness (QED) is 0.882. The Balaban J connectivity index is 2.74. The molecule has 4 nitrogen and oxygen atoms in total. The summed E-state index contributed by atoms with van der Waals surface area (Å²) in [7, 11) is 1.63. The Morgan fingerprint density at radius 2 is 2.24 bits per heavy atom. The van der Waals surface area contributed by atoms with Crippen molar-refractivity contribution in [1.82, 2.24) is 4.57 Å². The molecular weight excluding hydrogens is 218 g/mol. The lowest BCUT2D eigenvalue weighted by Crippen LogP contribution is -2.05. The number of fused-ring (bicyclic) bond motifs is 1. The van der Waals surface area contributed by atoms with Gasteiger partial charge in [0, 0.05) is 24.7 Å². The van der Waals surface area contributed by atoms with E-state index in [0.717, 1.165) is 23.1 Å². The van der Waals surface area contributed by atoms with E-state index in [1.54, 1.807) is 19.2 Å². The molecule has 0 aliphatic heterocycles. The van der Waals surface area contributed by atoms with Gasteiger partial charge in [0.1, 0.15) is 0 Å². The molecule has 0 aliphatic rings. The highest BCUT2D eigenvalue weighted by molar-refractivity contribution is 6.02. The van der Waals surface area contributed by atoms with Crippen molar-refractivity contribution in [3.05, 3.63) is 35.5 Å². The number of nitrogens with zero attached hydrogens (tertiary/aromatic N) is 1. The van der Waals surface area contributed by atoms with Crippen molar-refractivity contribution in [3.8, 4) is 0 Å². The van der Waals surface area contributed by atoms with Gasteiger partial charge in [0.05, 0.1) is 17.7 Å². The number of carboxylic acid groups (broad SMARTS) is 1. The Hall–Kier alpha value is -1.81. The zero-order chi connectivity index (χ0) is 12.4. The Morgan fingerprint density at radius 1 is 1.47 bits per heavy atom. The molecule has 0 bridgehead atoms. The molecule has 2 aromatic rings. The van der Waals surface area contributed by atoms with E-state index in [2.05, 4.69) is 0 Å². The van der Waals surface area contributed by atoms with Gasteiger partial charge in [0.25, 0.3) is 0 Å². The lowest BCUT2D eigenvalue weighted by Gasteiger charge is -2.08. The van der Waals surface area contributed by atoms with Crippen LogP contribution in [0.25, 0.3) is 10.9 Å². The van der Waals surface area contributed by atoms with Crippen LogP contribution in [0.4, 0.5) is 0 Å². The number of hydrogen-bond donors (Lipinski definition) is 1. The van der Waals surface area contributed by atoms with Gasteiger partial charge < -0.3 is 14.4 Å². The third-order valence-corrected chi connectivity index (χ3v) is 2.84. The maximum absolute atomic E-state index is 11.2. The van der Waals surface area contributed by atoms with Crippen molar-refractivity contribution < 1.29 is 14.6 Å². The van der Waals surface area contributed by atoms with E-state index in [4.69, 9.17) is 4.74 Å². The highest BCUT2D eigenvalue weighted by Crippen LogP contribution is 2.24. The second kappa shape index (κ2) is 4.59. The van der Waals surface area contributed by atoms with Gasteiger partial charge in [0.2, 0.25) is 0 Å². The van der Waals surface area contributed by atoms with Gasteiger partial charge >= 0.3 is 5.97 Å². The number of carbonyl (C=O) groups is 1. The lowest BCUT2D eigenvalue weighted by molar-refractivity contribution is 0.0698. The minimum atomic E-state index is -0.896. The molecule has 0 amide bonds. The number of aromatic carboxylic acids is 1. The zero-order valence-electron chi connectivity index (χ0n) is 9.93. The summed E-state index contributed by atoms with van der Waals surface area (Å²) in [5.74, 6) is -0.896. The van der Waals surface area contributed by atoms with Crippen LogP contribution in [0.15, 0.2) is 24.3 Å². The number of para-hydroxylation sites is 1. The highest BCUT2D eigenvalue weighted by Gasteiger charge is 2.14. The van der Waals surface area contributed by atoms with E-state index >= 15 is 0 Å². The molecule has 0 aliphatic carbocycles. The van der Waals surface area contributed by atoms with Crippen LogP contribution in [0.2, 0.25) is 0 Å². The first-order chi connectivity index (χ1) is 8.19. The molecule has 0 fully saturated rings. The van der Waals surface area contributed by atoms with Gasteiger partial charge in [-0.2, -0.15) is 0 Å². The van der Waals surface area contributed by atoms with Gasteiger partial charge in [-0.25, -0.2) is 4.79 Å². The fraction of sp³-hybridized carbons (Fsp3) is 0.308. The Morgan fingerprint density at radius 3 is 2.82 bits per heavy atom. The first-order valence-electron chi connectivity index (χ1n) is 5.52. The predicted octanol–water partition coefficient (Wildman–Crippen LogP) is 2.51. The standard InChI is InChI=1S/C13H15NO3/c1-3-14-10(8-17-2)7-9-5-4-6-11(12(9)14)13(15)16/h4-7H,3,8H2,1-2H3,(H,15,16). The maximum atomic E-state index is 11.2. The van der Waals surface area contributed by atoms with Gasteiger partial charge in [-0.15, -0.1) is 0 Å². The number of aromatic nitrogens is 1. The number of aryl methyl sites for hydroxylation is 1. The summed E-state index contributed by atoms with van der Waals surface area (Å²) in [5, 5.41) is 10.1. The van der Waals surface area contributed by atoms with Crippen molar-refractivity contribution >= 4 is 16.9 Å². The largest absolute Gasteiger partial charge is 0.478 e. The molecule has 1 aromatic carbocycles. The zero-order valence-corrected chi connectivity index (χ0v) is 9.93. The molecule has 1 N–H and O–H groups in total. The third kappa shape index (κ3) is 1.91. The third-order valence-electron chi connectivity index (χ3n) is 2.84. The molecule has 0 atom stereocenters. The van der Waals surface area contributed by atoms with Crippen LogP contribution in [-0.4, -0.2) is 22.8 Å². The second-order valence-corrected chi connectivity index (χ2v) is 3.86. The summed E-state index contributed by atoms with van der Waals surface area (Å²) in [6.45, 7) is 3.21. The second-order valence-electron chi connectivity index (χ2n) is 3.86. The molecule has 0 unspecified atom stereocenters. The summed E-state index contributed by atoms with van der Waals surface area (Å²) in [6.07, 6.45) is 0. The molecule has 4 heteroatoms. The summed E-state index contributed by atoms with van der Waals surface area (Å²) < 4.78 is 7.12. The van der Waals surface area contributed by atoms with Crippen molar-refractivity contribution in [2.75, 3.05) is 7.11 Å². The molecule has 17 heavy (non-hydrogen) atoms. The molecular formula is C13H15NO3. The van der Waals surface area contributed by atoms with Gasteiger partial charge in [-0.3, -0.25) is 0 Å². The molecule has 90 valence electrons. The number of hydrogen-bond acceptors (Lipinski definition) is 2. The van der Waals surface area contributed by atoms with E-state index in [-0.39, 0.29) is 0 Å². The van der Waals surface area contributed by atoms with Gasteiger partial charge in [-0.1, -0.05) is 12.1 Å². The van der Waals surface area contributed by atoms with E-state index < -0.39 is 5.97 Å². The first kappa shape index (κ1) is 11.7. The molecule has 0 saturated carbocycles. The molecule has 0 radical (unpaired) electrons. The lowest BCUT2D eigenvalue weighted by atomic mass is 10.1. The van der Waals surface area contributed by atoms with Gasteiger partial charge in [0.15, 0.2) is 0 Å². The fourth-order valence-electron chi connectivity index (χ4n) is 2.18. The minimum absolute atomic E-state index is 0.340. The van der Waals surface area contributed by atoms with Crippen molar-refractivity contribution in [1.29, 1.82) is 0 Å². The van der Waals surface area contributed by atoms with Crippen LogP contribution >= 0.6 is 0 Å². The Labute approximate surface area is 99.4 Å². The van der Waals surface area contributed by atoms with Crippen LogP contribution in [0.1, 0.15) is 23.0 Å². The molecule has 0 spiro atoms. The van der Waals surface area contributed by atoms with E-state index in [1.165, 1.54) is 0 Å². The summed E-state index contributed by atoms with van der Waals surface area (Å²) in [4.78, 5) is 11.2. The van der Waals surface area contributed by atoms with Crippen LogP contribution in [0.5, 0.6) is 0 Å². The van der Waals surface area contributed by atoms with Crippen LogP contribution in [0, 0.1) is 0 Å². The fourth-order valence-corrected chi connectivity index (χ4v) is 2.18. The topological polar surface area (TPSA) is 51.5 Å². The highest BCUT2D eigenvalue weighted by atomic mass is 16.5. The smallest absolute Gasteiger partial charge is 0.337 e. The number of methoxy groups -OCH3 is 1. The monoisotopic (exact) mass is 233 g/mol. The average molecular weight is 233 g/mol. The maximum Gasteiger partial charge on any atom is 0.337 e. The molecule has 0 saturated heterocycles. The van der Waals surface area contributed by atoms with E-state index in [9.17, 15) is 9.90 Å². The number of carboxylic acids is 1. The number of ether oxygens (including phenoxy) is 1. The Bertz CT molecular complexity index is 557. The van der Waals surface area contributed by atoms with Crippen LogP contribution in [0.3, 0.4) is 0 Å². The molecule has 1 aromatic heterocycles. The van der Waals surface area contributed by atoms with Crippen molar-refractivity contribution in [2.24, 2.45) is 0 Å². The van der Waals surface area contributed by atoms with Crippen LogP contribution < -0.4 is 0 Å². The summed E-state index contributed by atoms with van der Waals surface area (Å²) >= 11 is 0. The summed E-state index contributed by atoms with van der Waals surface area (Å²) in [6, 6.07) is 7.30. The van der Waals surface area contributed by atoms with Crippen molar-refractivity contribution in [2.45, 2.75) is 20.1 Å². The molecule has 2 rings (SSSR count). The van der Waals surface area contributed by atoms with Crippen molar-refractivity contribution in [3.63, 3.8) is 0 Å².